The van der Waals surface area contributed by atoms with Crippen LogP contribution < -0.4 is 5.32 Å². The maximum atomic E-state index is 3.80. The largest absolute Gasteiger partial charge is 0.368 e. The summed E-state index contributed by atoms with van der Waals surface area (Å²) in [5.74, 6) is 0. The average Bonchev–Trinajstić information content (AvgIpc) is 3.80. The van der Waals surface area contributed by atoms with Crippen molar-refractivity contribution in [2.45, 2.75) is 10.3 Å². The van der Waals surface area contributed by atoms with E-state index in [-0.39, 0.29) is 5.37 Å². The van der Waals surface area contributed by atoms with Crippen LogP contribution in [-0.4, -0.2) is 4.57 Å². The highest BCUT2D eigenvalue weighted by Gasteiger charge is 2.26. The number of para-hydroxylation sites is 1. The second kappa shape index (κ2) is 9.73. The van der Waals surface area contributed by atoms with Crippen LogP contribution in [0.5, 0.6) is 0 Å². The molecular weight excluding hydrogens is 585 g/mol. The first-order chi connectivity index (χ1) is 22.3. The molecule has 0 spiro atoms. The lowest BCUT2D eigenvalue weighted by Crippen LogP contribution is -2.00. The van der Waals surface area contributed by atoms with Crippen molar-refractivity contribution in [2.75, 3.05) is 5.32 Å². The van der Waals surface area contributed by atoms with Gasteiger partial charge < -0.3 is 9.88 Å². The molecule has 0 saturated carbocycles. The van der Waals surface area contributed by atoms with E-state index in [9.17, 15) is 0 Å². The molecule has 212 valence electrons. The number of thiophene rings is 1. The molecule has 7 aromatic carbocycles. The number of nitrogens with one attached hydrogen (secondary N) is 1. The summed E-state index contributed by atoms with van der Waals surface area (Å²) < 4.78 is 5.13. The first kappa shape index (κ1) is 25.3. The van der Waals surface area contributed by atoms with Crippen molar-refractivity contribution in [2.24, 2.45) is 0 Å². The van der Waals surface area contributed by atoms with Gasteiger partial charge >= 0.3 is 0 Å². The summed E-state index contributed by atoms with van der Waals surface area (Å²) in [6.07, 6.45) is 0. The molecule has 1 atom stereocenters. The van der Waals surface area contributed by atoms with Crippen LogP contribution in [0, 0.1) is 0 Å². The predicted octanol–water partition coefficient (Wildman–Crippen LogP) is 12.2. The van der Waals surface area contributed by atoms with Gasteiger partial charge in [0.05, 0.1) is 11.0 Å². The van der Waals surface area contributed by atoms with Gasteiger partial charge in [0.15, 0.2) is 0 Å². The standard InChI is InChI=1S/C41H26N2S2/c1-2-9-29(10-3-1)43-34-22-19-26-8-4-5-11-30(26)38(34)31-20-18-28(24-35(31)43)25-14-16-27(17-15-25)41-42-33-21-23-37-39(40(33)45-41)32-12-6-7-13-36(32)44-37/h1-24,41-42H. The van der Waals surface area contributed by atoms with E-state index in [1.165, 1.54) is 85.7 Å². The molecule has 3 heterocycles. The molecule has 4 heteroatoms. The zero-order valence-corrected chi connectivity index (χ0v) is 25.8. The maximum Gasteiger partial charge on any atom is 0.103 e. The van der Waals surface area contributed by atoms with Gasteiger partial charge in [0.25, 0.3) is 0 Å². The van der Waals surface area contributed by atoms with Gasteiger partial charge in [-0.25, -0.2) is 0 Å². The number of hydrogen-bond acceptors (Lipinski definition) is 3. The van der Waals surface area contributed by atoms with E-state index in [0.29, 0.717) is 0 Å². The molecule has 45 heavy (non-hydrogen) atoms. The van der Waals surface area contributed by atoms with Crippen LogP contribution in [0.3, 0.4) is 0 Å². The van der Waals surface area contributed by atoms with Gasteiger partial charge in [-0.1, -0.05) is 115 Å². The molecule has 9 aromatic rings. The van der Waals surface area contributed by atoms with Gasteiger partial charge in [-0.05, 0) is 69.9 Å². The lowest BCUT2D eigenvalue weighted by atomic mass is 10.00. The minimum Gasteiger partial charge on any atom is -0.368 e. The Morgan fingerprint density at radius 3 is 2.20 bits per heavy atom. The van der Waals surface area contributed by atoms with Gasteiger partial charge in [0.1, 0.15) is 5.37 Å². The van der Waals surface area contributed by atoms with Crippen LogP contribution in [-0.2, 0) is 0 Å². The average molecular weight is 611 g/mol. The molecule has 2 aromatic heterocycles. The molecule has 0 amide bonds. The van der Waals surface area contributed by atoms with E-state index in [4.69, 9.17) is 0 Å². The Kier molecular flexibility index (Phi) is 5.48. The third-order valence-corrected chi connectivity index (χ3v) is 11.7. The Balaban J connectivity index is 1.06. The number of aromatic nitrogens is 1. The molecule has 1 aliphatic rings. The number of rotatable bonds is 3. The quantitative estimate of drug-likeness (QED) is 0.214. The van der Waals surface area contributed by atoms with Crippen LogP contribution in [0.2, 0.25) is 0 Å². The number of benzene rings is 7. The van der Waals surface area contributed by atoms with Crippen molar-refractivity contribution in [3.8, 4) is 16.8 Å². The van der Waals surface area contributed by atoms with Crippen LogP contribution in [0.1, 0.15) is 10.9 Å². The van der Waals surface area contributed by atoms with E-state index < -0.39 is 0 Å². The normalized spacial score (nSPS) is 14.5. The fraction of sp³-hybridized carbons (Fsp3) is 0.0244. The minimum absolute atomic E-state index is 0.190. The van der Waals surface area contributed by atoms with Gasteiger partial charge in [-0.15, -0.1) is 11.3 Å². The number of hydrogen-bond donors (Lipinski definition) is 1. The molecular formula is C41H26N2S2. The lowest BCUT2D eigenvalue weighted by Gasteiger charge is -2.12. The molecule has 1 aliphatic heterocycles. The molecule has 0 radical (unpaired) electrons. The predicted molar refractivity (Wildman–Crippen MR) is 195 cm³/mol. The summed E-state index contributed by atoms with van der Waals surface area (Å²) in [4.78, 5) is 1.37. The SMILES string of the molecule is c1ccc(-n2c3cc(-c4ccc(C5Nc6ccc7sc8ccccc8c7c6S5)cc4)ccc3c3c4ccccc4ccc32)cc1. The van der Waals surface area contributed by atoms with E-state index in [2.05, 4.69) is 155 Å². The fourth-order valence-electron chi connectivity index (χ4n) is 7.13. The summed E-state index contributed by atoms with van der Waals surface area (Å²) in [5.41, 5.74) is 8.61. The van der Waals surface area contributed by atoms with Gasteiger partial charge in [-0.3, -0.25) is 0 Å². The van der Waals surface area contributed by atoms with Crippen molar-refractivity contribution in [1.82, 2.24) is 4.57 Å². The van der Waals surface area contributed by atoms with Crippen molar-refractivity contribution in [1.29, 1.82) is 0 Å². The second-order valence-electron chi connectivity index (χ2n) is 11.8. The number of anilines is 1. The van der Waals surface area contributed by atoms with Crippen LogP contribution >= 0.6 is 23.1 Å². The zero-order valence-electron chi connectivity index (χ0n) is 24.2. The number of fused-ring (bicyclic) bond motifs is 10. The Labute approximate surface area is 268 Å². The highest BCUT2D eigenvalue weighted by atomic mass is 32.2. The molecule has 0 saturated heterocycles. The molecule has 2 nitrogen and oxygen atoms in total. The highest BCUT2D eigenvalue weighted by molar-refractivity contribution is 8.00. The minimum atomic E-state index is 0.190. The summed E-state index contributed by atoms with van der Waals surface area (Å²) >= 11 is 3.82. The highest BCUT2D eigenvalue weighted by Crippen LogP contribution is 2.52. The number of nitrogens with zero attached hydrogens (tertiary/aromatic N) is 1. The Morgan fingerprint density at radius 1 is 0.533 bits per heavy atom. The van der Waals surface area contributed by atoms with Gasteiger partial charge in [0.2, 0.25) is 0 Å². The molecule has 10 rings (SSSR count). The molecule has 0 fully saturated rings. The molecule has 0 bridgehead atoms. The number of thioether (sulfide) groups is 1. The van der Waals surface area contributed by atoms with Crippen LogP contribution in [0.4, 0.5) is 5.69 Å². The van der Waals surface area contributed by atoms with Crippen molar-refractivity contribution in [3.63, 3.8) is 0 Å². The first-order valence-electron chi connectivity index (χ1n) is 15.3. The molecule has 1 N–H and O–H groups in total. The van der Waals surface area contributed by atoms with Crippen molar-refractivity contribution < 1.29 is 0 Å². The van der Waals surface area contributed by atoms with Crippen molar-refractivity contribution in [3.05, 3.63) is 151 Å². The van der Waals surface area contributed by atoms with E-state index in [1.54, 1.807) is 0 Å². The Hall–Kier alpha value is -5.03. The topological polar surface area (TPSA) is 17.0 Å². The maximum absolute atomic E-state index is 3.80. The monoisotopic (exact) mass is 610 g/mol. The lowest BCUT2D eigenvalue weighted by molar-refractivity contribution is 1.14. The smallest absolute Gasteiger partial charge is 0.103 e. The Bertz CT molecular complexity index is 2590. The van der Waals surface area contributed by atoms with Crippen LogP contribution in [0.15, 0.2) is 150 Å². The summed E-state index contributed by atoms with van der Waals surface area (Å²) in [6.45, 7) is 0. The molecule has 1 unspecified atom stereocenters. The van der Waals surface area contributed by atoms with Crippen LogP contribution in [0.25, 0.3) is 69.6 Å². The van der Waals surface area contributed by atoms with Gasteiger partial charge in [-0.2, -0.15) is 0 Å². The summed E-state index contributed by atoms with van der Waals surface area (Å²) in [6, 6.07) is 53.4. The molecule has 0 aliphatic carbocycles. The second-order valence-corrected chi connectivity index (χ2v) is 14.0. The zero-order chi connectivity index (χ0) is 29.5. The Morgan fingerprint density at radius 2 is 1.31 bits per heavy atom. The third kappa shape index (κ3) is 3.83. The first-order valence-corrected chi connectivity index (χ1v) is 17.0. The fourth-order valence-corrected chi connectivity index (χ4v) is 9.62. The summed E-state index contributed by atoms with van der Waals surface area (Å²) in [5, 5.41) is 11.9. The van der Waals surface area contributed by atoms with Crippen molar-refractivity contribution >= 4 is 81.5 Å². The third-order valence-electron chi connectivity index (χ3n) is 9.24. The van der Waals surface area contributed by atoms with Gasteiger partial charge in [0, 0.05) is 47.2 Å². The van der Waals surface area contributed by atoms with E-state index in [1.807, 2.05) is 23.1 Å². The van der Waals surface area contributed by atoms with E-state index >= 15 is 0 Å². The van der Waals surface area contributed by atoms with E-state index in [0.717, 1.165) is 0 Å². The summed E-state index contributed by atoms with van der Waals surface area (Å²) in [7, 11) is 0.